The molecule has 1 fully saturated rings. The molecule has 1 N–H and O–H groups in total. The summed E-state index contributed by atoms with van der Waals surface area (Å²) in [4.78, 5) is 2.41. The van der Waals surface area contributed by atoms with E-state index in [4.69, 9.17) is 4.42 Å². The highest BCUT2D eigenvalue weighted by atomic mass is 16.3. The number of hydrogen-bond donors (Lipinski definition) is 1. The second kappa shape index (κ2) is 4.78. The van der Waals surface area contributed by atoms with Crippen LogP contribution in [0.15, 0.2) is 46.9 Å². The van der Waals surface area contributed by atoms with Crippen LogP contribution in [-0.2, 0) is 0 Å². The summed E-state index contributed by atoms with van der Waals surface area (Å²) in [6.07, 6.45) is 1.20. The highest BCUT2D eigenvalue weighted by Gasteiger charge is 2.25. The molecule has 0 spiro atoms. The van der Waals surface area contributed by atoms with Crippen LogP contribution in [0.5, 0.6) is 0 Å². The molecule has 3 aromatic rings. The van der Waals surface area contributed by atoms with E-state index in [0.717, 1.165) is 17.7 Å². The van der Waals surface area contributed by atoms with E-state index in [9.17, 15) is 0 Å². The molecular formula is C18H20N2O. The molecule has 2 unspecified atom stereocenters. The van der Waals surface area contributed by atoms with Gasteiger partial charge in [0.25, 0.3) is 0 Å². The third kappa shape index (κ3) is 2.18. The van der Waals surface area contributed by atoms with Gasteiger partial charge in [-0.1, -0.05) is 18.2 Å². The summed E-state index contributed by atoms with van der Waals surface area (Å²) < 4.78 is 5.88. The van der Waals surface area contributed by atoms with Crippen molar-refractivity contribution in [3.63, 3.8) is 0 Å². The van der Waals surface area contributed by atoms with Gasteiger partial charge in [-0.05, 0) is 44.7 Å². The second-order valence-corrected chi connectivity index (χ2v) is 6.17. The number of likely N-dealkylation sites (N-methyl/N-ethyl adjacent to an activating group) is 1. The van der Waals surface area contributed by atoms with E-state index in [0.29, 0.717) is 12.1 Å². The van der Waals surface area contributed by atoms with Gasteiger partial charge >= 0.3 is 0 Å². The van der Waals surface area contributed by atoms with E-state index in [1.807, 2.05) is 12.1 Å². The van der Waals surface area contributed by atoms with Gasteiger partial charge in [0, 0.05) is 35.1 Å². The number of para-hydroxylation sites is 1. The van der Waals surface area contributed by atoms with Gasteiger partial charge in [0.2, 0.25) is 0 Å². The first-order chi connectivity index (χ1) is 10.2. The molecule has 2 atom stereocenters. The summed E-state index contributed by atoms with van der Waals surface area (Å²) in [7, 11) is 2.19. The van der Waals surface area contributed by atoms with Crippen LogP contribution in [0.2, 0.25) is 0 Å². The fourth-order valence-electron chi connectivity index (χ4n) is 3.35. The van der Waals surface area contributed by atoms with Crippen molar-refractivity contribution in [1.82, 2.24) is 4.90 Å². The summed E-state index contributed by atoms with van der Waals surface area (Å²) in [5.41, 5.74) is 3.10. The molecule has 0 aliphatic carbocycles. The van der Waals surface area contributed by atoms with E-state index in [-0.39, 0.29) is 0 Å². The maximum atomic E-state index is 5.88. The minimum absolute atomic E-state index is 0.528. The van der Waals surface area contributed by atoms with Gasteiger partial charge in [-0.15, -0.1) is 0 Å². The summed E-state index contributed by atoms with van der Waals surface area (Å²) in [5.74, 6) is 0. The molecule has 1 aliphatic rings. The quantitative estimate of drug-likeness (QED) is 0.766. The van der Waals surface area contributed by atoms with Gasteiger partial charge in [-0.2, -0.15) is 0 Å². The van der Waals surface area contributed by atoms with Crippen LogP contribution in [-0.4, -0.2) is 30.6 Å². The maximum Gasteiger partial charge on any atom is 0.135 e. The van der Waals surface area contributed by atoms with Crippen molar-refractivity contribution in [2.75, 3.05) is 18.9 Å². The zero-order chi connectivity index (χ0) is 14.4. The Hall–Kier alpha value is -2.00. The summed E-state index contributed by atoms with van der Waals surface area (Å²) >= 11 is 0. The molecule has 0 amide bonds. The maximum absolute atomic E-state index is 5.88. The third-order valence-electron chi connectivity index (χ3n) is 4.63. The van der Waals surface area contributed by atoms with Crippen molar-refractivity contribution >= 4 is 27.6 Å². The first-order valence-electron chi connectivity index (χ1n) is 7.59. The number of rotatable bonds is 2. The van der Waals surface area contributed by atoms with E-state index in [1.54, 1.807) is 0 Å². The zero-order valence-electron chi connectivity index (χ0n) is 12.5. The lowest BCUT2D eigenvalue weighted by Crippen LogP contribution is -2.24. The van der Waals surface area contributed by atoms with Gasteiger partial charge in [0.05, 0.1) is 0 Å². The number of nitrogens with zero attached hydrogens (tertiary/aromatic N) is 1. The predicted octanol–water partition coefficient (Wildman–Crippen LogP) is 4.09. The second-order valence-electron chi connectivity index (χ2n) is 6.17. The van der Waals surface area contributed by atoms with Crippen LogP contribution in [0.1, 0.15) is 13.3 Å². The van der Waals surface area contributed by atoms with Crippen LogP contribution >= 0.6 is 0 Å². The largest absolute Gasteiger partial charge is 0.456 e. The topological polar surface area (TPSA) is 28.4 Å². The molecule has 4 rings (SSSR count). The number of fused-ring (bicyclic) bond motifs is 3. The van der Waals surface area contributed by atoms with Crippen molar-refractivity contribution in [2.45, 2.75) is 25.4 Å². The Kier molecular flexibility index (Phi) is 2.89. The SMILES string of the molecule is CC1CC(Nc2ccc3oc4ccccc4c3c2)CN1C. The lowest BCUT2D eigenvalue weighted by atomic mass is 10.1. The number of anilines is 1. The van der Waals surface area contributed by atoms with Crippen molar-refractivity contribution < 1.29 is 4.42 Å². The molecule has 21 heavy (non-hydrogen) atoms. The number of hydrogen-bond acceptors (Lipinski definition) is 3. The number of benzene rings is 2. The smallest absolute Gasteiger partial charge is 0.135 e. The molecule has 1 saturated heterocycles. The number of furan rings is 1. The first kappa shape index (κ1) is 12.7. The predicted molar refractivity (Wildman–Crippen MR) is 87.8 cm³/mol. The van der Waals surface area contributed by atoms with Gasteiger partial charge in [-0.3, -0.25) is 0 Å². The monoisotopic (exact) mass is 280 g/mol. The molecule has 0 radical (unpaired) electrons. The minimum atomic E-state index is 0.528. The standard InChI is InChI=1S/C18H20N2O/c1-12-9-14(11-20(12)2)19-13-7-8-18-16(10-13)15-5-3-4-6-17(15)21-18/h3-8,10,12,14,19H,9,11H2,1-2H3. The third-order valence-corrected chi connectivity index (χ3v) is 4.63. The summed E-state index contributed by atoms with van der Waals surface area (Å²) in [6.45, 7) is 3.39. The van der Waals surface area contributed by atoms with Crippen LogP contribution in [0.25, 0.3) is 21.9 Å². The molecular weight excluding hydrogens is 260 g/mol. The number of nitrogens with one attached hydrogen (secondary N) is 1. The van der Waals surface area contributed by atoms with E-state index >= 15 is 0 Å². The van der Waals surface area contributed by atoms with Crippen molar-refractivity contribution in [1.29, 1.82) is 0 Å². The fourth-order valence-corrected chi connectivity index (χ4v) is 3.35. The Balaban J connectivity index is 1.68. The van der Waals surface area contributed by atoms with Crippen LogP contribution < -0.4 is 5.32 Å². The Bertz CT molecular complexity index is 782. The number of likely N-dealkylation sites (tertiary alicyclic amines) is 1. The molecule has 1 aromatic heterocycles. The van der Waals surface area contributed by atoms with E-state index < -0.39 is 0 Å². The fraction of sp³-hybridized carbons (Fsp3) is 0.333. The molecule has 0 saturated carbocycles. The van der Waals surface area contributed by atoms with E-state index in [1.165, 1.54) is 22.9 Å². The molecule has 3 heteroatoms. The Labute approximate surface area is 124 Å². The Morgan fingerprint density at radius 1 is 1.10 bits per heavy atom. The molecule has 2 heterocycles. The van der Waals surface area contributed by atoms with Gasteiger partial charge in [-0.25, -0.2) is 0 Å². The van der Waals surface area contributed by atoms with Crippen LogP contribution in [0.4, 0.5) is 5.69 Å². The van der Waals surface area contributed by atoms with Crippen LogP contribution in [0, 0.1) is 0 Å². The normalized spacial score (nSPS) is 23.1. The zero-order valence-corrected chi connectivity index (χ0v) is 12.5. The Morgan fingerprint density at radius 2 is 1.90 bits per heavy atom. The average Bonchev–Trinajstić information content (AvgIpc) is 2.99. The highest BCUT2D eigenvalue weighted by molar-refractivity contribution is 6.05. The van der Waals surface area contributed by atoms with E-state index in [2.05, 4.69) is 54.5 Å². The van der Waals surface area contributed by atoms with Crippen molar-refractivity contribution in [3.8, 4) is 0 Å². The molecule has 0 bridgehead atoms. The van der Waals surface area contributed by atoms with Gasteiger partial charge in [0.1, 0.15) is 11.2 Å². The average molecular weight is 280 g/mol. The molecule has 2 aromatic carbocycles. The molecule has 3 nitrogen and oxygen atoms in total. The van der Waals surface area contributed by atoms with Gasteiger partial charge < -0.3 is 14.6 Å². The summed E-state index contributed by atoms with van der Waals surface area (Å²) in [5, 5.41) is 6.04. The first-order valence-corrected chi connectivity index (χ1v) is 7.59. The lowest BCUT2D eigenvalue weighted by molar-refractivity contribution is 0.330. The van der Waals surface area contributed by atoms with Crippen LogP contribution in [0.3, 0.4) is 0 Å². The lowest BCUT2D eigenvalue weighted by Gasteiger charge is -2.14. The van der Waals surface area contributed by atoms with Crippen molar-refractivity contribution in [2.24, 2.45) is 0 Å². The molecule has 108 valence electrons. The minimum Gasteiger partial charge on any atom is -0.456 e. The Morgan fingerprint density at radius 3 is 2.71 bits per heavy atom. The van der Waals surface area contributed by atoms with Crippen molar-refractivity contribution in [3.05, 3.63) is 42.5 Å². The summed E-state index contributed by atoms with van der Waals surface area (Å²) in [6, 6.07) is 15.8. The van der Waals surface area contributed by atoms with Gasteiger partial charge in [0.15, 0.2) is 0 Å². The molecule has 1 aliphatic heterocycles. The highest BCUT2D eigenvalue weighted by Crippen LogP contribution is 2.31.